The van der Waals surface area contributed by atoms with E-state index in [0.717, 1.165) is 16.7 Å². The summed E-state index contributed by atoms with van der Waals surface area (Å²) in [6.07, 6.45) is 1.70. The van der Waals surface area contributed by atoms with E-state index in [0.29, 0.717) is 16.5 Å². The van der Waals surface area contributed by atoms with Gasteiger partial charge in [0.15, 0.2) is 5.82 Å². The first-order valence-corrected chi connectivity index (χ1v) is 6.64. The molecule has 2 heterocycles. The van der Waals surface area contributed by atoms with Gasteiger partial charge in [0.05, 0.1) is 16.2 Å². The Bertz CT molecular complexity index is 814. The lowest BCUT2D eigenvalue weighted by atomic mass is 10.2. The van der Waals surface area contributed by atoms with Gasteiger partial charge in [0, 0.05) is 18.8 Å². The molecule has 3 N–H and O–H groups in total. The van der Waals surface area contributed by atoms with Gasteiger partial charge in [-0.15, -0.1) is 0 Å². The molecule has 0 aliphatic heterocycles. The van der Waals surface area contributed by atoms with Crippen LogP contribution in [0, 0.1) is 0 Å². The van der Waals surface area contributed by atoms with Crippen LogP contribution in [-0.2, 0) is 4.79 Å². The van der Waals surface area contributed by atoms with E-state index in [-0.39, 0.29) is 5.91 Å². The van der Waals surface area contributed by atoms with Crippen LogP contribution in [0.3, 0.4) is 0 Å². The van der Waals surface area contributed by atoms with Crippen LogP contribution in [0.2, 0.25) is 5.02 Å². The van der Waals surface area contributed by atoms with Gasteiger partial charge in [0.2, 0.25) is 5.91 Å². The quantitative estimate of drug-likeness (QED) is 0.693. The fraction of sp³-hybridized carbons (Fsp3) is 0.0714. The number of amides is 1. The number of carbonyl (C=O) groups is 1. The smallest absolute Gasteiger partial charge is 0.221 e. The zero-order chi connectivity index (χ0) is 14.8. The van der Waals surface area contributed by atoms with Crippen molar-refractivity contribution >= 4 is 45.7 Å². The van der Waals surface area contributed by atoms with Crippen molar-refractivity contribution in [1.29, 1.82) is 0 Å². The average molecular weight is 302 g/mol. The van der Waals surface area contributed by atoms with Crippen LogP contribution in [0.1, 0.15) is 6.92 Å². The number of carbonyl (C=O) groups excluding carboxylic acids is 1. The van der Waals surface area contributed by atoms with E-state index < -0.39 is 0 Å². The van der Waals surface area contributed by atoms with Crippen molar-refractivity contribution in [1.82, 2.24) is 15.2 Å². The topological polar surface area (TPSA) is 82.7 Å². The molecule has 7 heteroatoms. The maximum absolute atomic E-state index is 11.0. The Morgan fingerprint density at radius 2 is 2.19 bits per heavy atom. The SMILES string of the molecule is CC(=O)Nc1ccc(Nc2n[nH]c3cccnc23)cc1Cl. The van der Waals surface area contributed by atoms with Crippen molar-refractivity contribution in [2.75, 3.05) is 10.6 Å². The Morgan fingerprint density at radius 1 is 1.33 bits per heavy atom. The standard InChI is InChI=1S/C14H12ClN5O/c1-8(21)17-11-5-4-9(7-10(11)15)18-14-13-12(19-20-14)3-2-6-16-13/h2-7H,1H3,(H,17,21)(H2,18,19,20). The Labute approximate surface area is 125 Å². The number of H-pyrrole nitrogens is 1. The number of aromatic nitrogens is 3. The minimum atomic E-state index is -0.167. The van der Waals surface area contributed by atoms with Crippen molar-refractivity contribution in [3.8, 4) is 0 Å². The molecule has 0 saturated heterocycles. The number of nitrogens with one attached hydrogen (secondary N) is 3. The highest BCUT2D eigenvalue weighted by molar-refractivity contribution is 6.34. The van der Waals surface area contributed by atoms with Crippen LogP contribution in [-0.4, -0.2) is 21.1 Å². The van der Waals surface area contributed by atoms with Crippen molar-refractivity contribution < 1.29 is 4.79 Å². The highest BCUT2D eigenvalue weighted by Gasteiger charge is 2.08. The number of hydrogen-bond acceptors (Lipinski definition) is 4. The molecule has 106 valence electrons. The number of anilines is 3. The molecule has 0 radical (unpaired) electrons. The molecule has 0 aliphatic carbocycles. The molecule has 21 heavy (non-hydrogen) atoms. The molecule has 2 aromatic heterocycles. The van der Waals surface area contributed by atoms with Gasteiger partial charge in [-0.05, 0) is 30.3 Å². The molecule has 0 aliphatic rings. The van der Waals surface area contributed by atoms with Crippen LogP contribution in [0.25, 0.3) is 11.0 Å². The first-order chi connectivity index (χ1) is 10.1. The maximum atomic E-state index is 11.0. The van der Waals surface area contributed by atoms with Gasteiger partial charge in [-0.3, -0.25) is 14.9 Å². The first kappa shape index (κ1) is 13.4. The normalized spacial score (nSPS) is 10.6. The predicted molar refractivity (Wildman–Crippen MR) is 82.9 cm³/mol. The second-order valence-electron chi connectivity index (χ2n) is 4.47. The summed E-state index contributed by atoms with van der Waals surface area (Å²) < 4.78 is 0. The molecule has 6 nitrogen and oxygen atoms in total. The number of fused-ring (bicyclic) bond motifs is 1. The summed E-state index contributed by atoms with van der Waals surface area (Å²) in [5, 5.41) is 13.3. The Hall–Kier alpha value is -2.60. The summed E-state index contributed by atoms with van der Waals surface area (Å²) in [5.74, 6) is 0.453. The number of benzene rings is 1. The highest BCUT2D eigenvalue weighted by atomic mass is 35.5. The van der Waals surface area contributed by atoms with E-state index in [2.05, 4.69) is 25.8 Å². The van der Waals surface area contributed by atoms with Gasteiger partial charge >= 0.3 is 0 Å². The van der Waals surface area contributed by atoms with E-state index in [4.69, 9.17) is 11.6 Å². The predicted octanol–water partition coefficient (Wildman–Crippen LogP) is 3.31. The first-order valence-electron chi connectivity index (χ1n) is 6.27. The van der Waals surface area contributed by atoms with E-state index in [1.807, 2.05) is 12.1 Å². The molecular formula is C14H12ClN5O. The molecule has 0 unspecified atom stereocenters. The summed E-state index contributed by atoms with van der Waals surface area (Å²) in [6, 6.07) is 8.99. The fourth-order valence-electron chi connectivity index (χ4n) is 1.96. The zero-order valence-corrected chi connectivity index (χ0v) is 11.9. The Kier molecular flexibility index (Phi) is 3.45. The van der Waals surface area contributed by atoms with Crippen molar-refractivity contribution in [2.45, 2.75) is 6.92 Å². The number of aromatic amines is 1. The lowest BCUT2D eigenvalue weighted by Crippen LogP contribution is -2.06. The second-order valence-corrected chi connectivity index (χ2v) is 4.88. The van der Waals surface area contributed by atoms with Crippen LogP contribution in [0.5, 0.6) is 0 Å². The zero-order valence-electron chi connectivity index (χ0n) is 11.1. The van der Waals surface area contributed by atoms with E-state index in [1.165, 1.54) is 6.92 Å². The van der Waals surface area contributed by atoms with Gasteiger partial charge in [0.25, 0.3) is 0 Å². The fourth-order valence-corrected chi connectivity index (χ4v) is 2.19. The second kappa shape index (κ2) is 5.41. The monoisotopic (exact) mass is 301 g/mol. The number of pyridine rings is 1. The number of hydrogen-bond donors (Lipinski definition) is 3. The Balaban J connectivity index is 1.88. The third-order valence-electron chi connectivity index (χ3n) is 2.86. The minimum absolute atomic E-state index is 0.167. The summed E-state index contributed by atoms with van der Waals surface area (Å²) >= 11 is 6.13. The maximum Gasteiger partial charge on any atom is 0.221 e. The van der Waals surface area contributed by atoms with E-state index >= 15 is 0 Å². The van der Waals surface area contributed by atoms with E-state index in [1.54, 1.807) is 24.4 Å². The van der Waals surface area contributed by atoms with E-state index in [9.17, 15) is 4.79 Å². The molecule has 0 spiro atoms. The molecule has 1 aromatic carbocycles. The van der Waals surface area contributed by atoms with Gasteiger partial charge in [0.1, 0.15) is 5.52 Å². The van der Waals surface area contributed by atoms with Crippen molar-refractivity contribution in [2.24, 2.45) is 0 Å². The molecule has 0 saturated carbocycles. The van der Waals surface area contributed by atoms with Crippen LogP contribution >= 0.6 is 11.6 Å². The van der Waals surface area contributed by atoms with Gasteiger partial charge in [-0.1, -0.05) is 11.6 Å². The lowest BCUT2D eigenvalue weighted by molar-refractivity contribution is -0.114. The Morgan fingerprint density at radius 3 is 2.95 bits per heavy atom. The minimum Gasteiger partial charge on any atom is -0.337 e. The highest BCUT2D eigenvalue weighted by Crippen LogP contribution is 2.28. The van der Waals surface area contributed by atoms with Crippen LogP contribution in [0.4, 0.5) is 17.2 Å². The average Bonchev–Trinajstić information content (AvgIpc) is 2.85. The summed E-state index contributed by atoms with van der Waals surface area (Å²) in [6.45, 7) is 1.43. The van der Waals surface area contributed by atoms with Gasteiger partial charge < -0.3 is 10.6 Å². The molecular weight excluding hydrogens is 290 g/mol. The number of halogens is 1. The molecule has 0 bridgehead atoms. The third-order valence-corrected chi connectivity index (χ3v) is 3.18. The number of rotatable bonds is 3. The molecule has 3 rings (SSSR count). The summed E-state index contributed by atoms with van der Waals surface area (Å²) in [4.78, 5) is 15.3. The number of nitrogens with zero attached hydrogens (tertiary/aromatic N) is 2. The van der Waals surface area contributed by atoms with Crippen molar-refractivity contribution in [3.05, 3.63) is 41.6 Å². The summed E-state index contributed by atoms with van der Waals surface area (Å²) in [5.41, 5.74) is 2.92. The molecule has 0 atom stereocenters. The third kappa shape index (κ3) is 2.80. The molecule has 3 aromatic rings. The summed E-state index contributed by atoms with van der Waals surface area (Å²) in [7, 11) is 0. The van der Waals surface area contributed by atoms with Gasteiger partial charge in [-0.2, -0.15) is 5.10 Å². The van der Waals surface area contributed by atoms with Crippen LogP contribution < -0.4 is 10.6 Å². The molecule has 1 amide bonds. The van der Waals surface area contributed by atoms with Crippen LogP contribution in [0.15, 0.2) is 36.5 Å². The lowest BCUT2D eigenvalue weighted by Gasteiger charge is -2.08. The van der Waals surface area contributed by atoms with Gasteiger partial charge in [-0.25, -0.2) is 0 Å². The largest absolute Gasteiger partial charge is 0.337 e. The van der Waals surface area contributed by atoms with Crippen molar-refractivity contribution in [3.63, 3.8) is 0 Å². The molecule has 0 fully saturated rings.